The molecule has 128 valence electrons. The summed E-state index contributed by atoms with van der Waals surface area (Å²) in [4.78, 5) is 34.3. The molecule has 1 atom stereocenters. The lowest BCUT2D eigenvalue weighted by Crippen LogP contribution is -2.47. The number of hydrogen-bond donors (Lipinski definition) is 3. The molecule has 0 aliphatic carbocycles. The molecule has 0 unspecified atom stereocenters. The summed E-state index contributed by atoms with van der Waals surface area (Å²) in [7, 11) is 0. The van der Waals surface area contributed by atoms with Crippen molar-refractivity contribution in [3.05, 3.63) is 58.6 Å². The Kier molecular flexibility index (Phi) is 4.46. The second-order valence-corrected chi connectivity index (χ2v) is 5.25. The minimum absolute atomic E-state index is 0.0173. The van der Waals surface area contributed by atoms with Crippen LogP contribution in [0.4, 0.5) is 21.9 Å². The highest BCUT2D eigenvalue weighted by Gasteiger charge is 2.26. The molecule has 0 bridgehead atoms. The lowest BCUT2D eigenvalue weighted by Gasteiger charge is -2.15. The van der Waals surface area contributed by atoms with Crippen LogP contribution in [0.5, 0.6) is 5.75 Å². The average molecular weight is 342 g/mol. The van der Waals surface area contributed by atoms with Crippen molar-refractivity contribution in [1.29, 1.82) is 0 Å². The Morgan fingerprint density at radius 1 is 1.20 bits per heavy atom. The van der Waals surface area contributed by atoms with Gasteiger partial charge in [0.1, 0.15) is 18.4 Å². The Bertz CT molecular complexity index is 822. The number of fused-ring (bicyclic) bond motifs is 1. The van der Waals surface area contributed by atoms with Crippen molar-refractivity contribution in [2.75, 3.05) is 17.2 Å². The fraction of sp³-hybridized carbons (Fsp3) is 0.125. The molecule has 3 amide bonds. The highest BCUT2D eigenvalue weighted by atomic mass is 16.6. The number of carbonyl (C=O) groups excluding carboxylic acids is 2. The molecule has 2 aromatic rings. The molecule has 25 heavy (non-hydrogen) atoms. The summed E-state index contributed by atoms with van der Waals surface area (Å²) in [6.07, 6.45) is 0. The number of nitro groups is 1. The number of benzene rings is 2. The summed E-state index contributed by atoms with van der Waals surface area (Å²) >= 11 is 0. The first kappa shape index (κ1) is 16.2. The predicted octanol–water partition coefficient (Wildman–Crippen LogP) is 2.12. The molecule has 3 N–H and O–H groups in total. The van der Waals surface area contributed by atoms with Crippen LogP contribution in [0.25, 0.3) is 0 Å². The van der Waals surface area contributed by atoms with Crippen LogP contribution in [0.15, 0.2) is 48.5 Å². The lowest BCUT2D eigenvalue weighted by molar-refractivity contribution is -0.384. The summed E-state index contributed by atoms with van der Waals surface area (Å²) in [6.45, 7) is -0.0173. The lowest BCUT2D eigenvalue weighted by atomic mass is 10.2. The molecule has 9 heteroatoms. The van der Waals surface area contributed by atoms with Crippen LogP contribution in [0, 0.1) is 10.1 Å². The third kappa shape index (κ3) is 3.83. The summed E-state index contributed by atoms with van der Waals surface area (Å²) in [5, 5.41) is 18.3. The fourth-order valence-corrected chi connectivity index (χ4v) is 2.26. The van der Waals surface area contributed by atoms with Crippen LogP contribution in [0.3, 0.4) is 0 Å². The molecule has 0 aromatic heterocycles. The molecule has 3 rings (SSSR count). The number of rotatable bonds is 3. The van der Waals surface area contributed by atoms with Crippen LogP contribution in [0.2, 0.25) is 0 Å². The normalized spacial score (nSPS) is 15.8. The van der Waals surface area contributed by atoms with Gasteiger partial charge >= 0.3 is 6.03 Å². The van der Waals surface area contributed by atoms with E-state index in [1.54, 1.807) is 24.3 Å². The van der Waals surface area contributed by atoms with Gasteiger partial charge < -0.3 is 20.7 Å². The minimum Gasteiger partial charge on any atom is -0.489 e. The zero-order chi connectivity index (χ0) is 17.8. The van der Waals surface area contributed by atoms with Crippen molar-refractivity contribution in [1.82, 2.24) is 5.32 Å². The van der Waals surface area contributed by atoms with Crippen molar-refractivity contribution >= 4 is 29.0 Å². The van der Waals surface area contributed by atoms with E-state index in [4.69, 9.17) is 4.74 Å². The highest BCUT2D eigenvalue weighted by Crippen LogP contribution is 2.26. The molecule has 0 spiro atoms. The van der Waals surface area contributed by atoms with Crippen LogP contribution in [-0.2, 0) is 4.79 Å². The van der Waals surface area contributed by atoms with Crippen molar-refractivity contribution in [3.8, 4) is 5.75 Å². The Morgan fingerprint density at radius 3 is 2.64 bits per heavy atom. The summed E-state index contributed by atoms with van der Waals surface area (Å²) in [5.41, 5.74) is 0.814. The zero-order valence-corrected chi connectivity index (χ0v) is 12.9. The Balaban J connectivity index is 1.61. The fourth-order valence-electron chi connectivity index (χ4n) is 2.26. The Labute approximate surface area is 142 Å². The van der Waals surface area contributed by atoms with Gasteiger partial charge in [-0.2, -0.15) is 0 Å². The molecule has 9 nitrogen and oxygen atoms in total. The first-order valence-corrected chi connectivity index (χ1v) is 7.37. The molecule has 1 heterocycles. The van der Waals surface area contributed by atoms with Gasteiger partial charge in [0.05, 0.1) is 10.6 Å². The number of ether oxygens (including phenoxy) is 1. The number of non-ortho nitro benzene ring substituents is 1. The standard InChI is InChI=1S/C16H14N4O5/c21-15-13(9-25-14-4-2-1-3-12(14)18-15)19-16(22)17-10-5-7-11(8-6-10)20(23)24/h1-8,13H,9H2,(H,18,21)(H2,17,19,22)/t13-/m1/s1. The van der Waals surface area contributed by atoms with Gasteiger partial charge in [0.25, 0.3) is 11.6 Å². The number of nitrogens with one attached hydrogen (secondary N) is 3. The van der Waals surface area contributed by atoms with E-state index in [-0.39, 0.29) is 12.3 Å². The first-order valence-electron chi connectivity index (χ1n) is 7.37. The van der Waals surface area contributed by atoms with Crippen LogP contribution in [-0.4, -0.2) is 29.5 Å². The van der Waals surface area contributed by atoms with Crippen LogP contribution >= 0.6 is 0 Å². The topological polar surface area (TPSA) is 123 Å². The molecule has 2 aromatic carbocycles. The van der Waals surface area contributed by atoms with Gasteiger partial charge in [0, 0.05) is 17.8 Å². The van der Waals surface area contributed by atoms with Crippen molar-refractivity contribution in [3.63, 3.8) is 0 Å². The zero-order valence-electron chi connectivity index (χ0n) is 12.9. The molecule has 1 aliphatic heterocycles. The molecular formula is C16H14N4O5. The van der Waals surface area contributed by atoms with E-state index < -0.39 is 22.9 Å². The van der Waals surface area contributed by atoms with Gasteiger partial charge in [-0.05, 0) is 24.3 Å². The third-order valence-electron chi connectivity index (χ3n) is 3.51. The van der Waals surface area contributed by atoms with E-state index in [0.29, 0.717) is 17.1 Å². The molecule has 0 radical (unpaired) electrons. The Hall–Kier alpha value is -3.62. The van der Waals surface area contributed by atoms with Crippen molar-refractivity contribution < 1.29 is 19.2 Å². The van der Waals surface area contributed by atoms with E-state index in [9.17, 15) is 19.7 Å². The minimum atomic E-state index is -0.884. The van der Waals surface area contributed by atoms with Crippen molar-refractivity contribution in [2.24, 2.45) is 0 Å². The SMILES string of the molecule is O=C(Nc1ccc([N+](=O)[O-])cc1)N[C@@H]1COc2ccccc2NC1=O. The molecule has 1 aliphatic rings. The summed E-state index contributed by atoms with van der Waals surface area (Å²) < 4.78 is 5.52. The van der Waals surface area contributed by atoms with Crippen LogP contribution < -0.4 is 20.7 Å². The second kappa shape index (κ2) is 6.87. The number of carbonyl (C=O) groups is 2. The molecule has 0 saturated heterocycles. The number of urea groups is 1. The smallest absolute Gasteiger partial charge is 0.320 e. The number of amides is 3. The van der Waals surface area contributed by atoms with Crippen molar-refractivity contribution in [2.45, 2.75) is 6.04 Å². The van der Waals surface area contributed by atoms with E-state index in [2.05, 4.69) is 16.0 Å². The summed E-state index contributed by atoms with van der Waals surface area (Å²) in [5.74, 6) is 0.125. The Morgan fingerprint density at radius 2 is 1.92 bits per heavy atom. The van der Waals surface area contributed by atoms with Gasteiger partial charge in [0.2, 0.25) is 0 Å². The maximum atomic E-state index is 12.2. The van der Waals surface area contributed by atoms with E-state index >= 15 is 0 Å². The quantitative estimate of drug-likeness (QED) is 0.582. The van der Waals surface area contributed by atoms with E-state index in [1.807, 2.05) is 0 Å². The van der Waals surface area contributed by atoms with Gasteiger partial charge in [-0.1, -0.05) is 12.1 Å². The van der Waals surface area contributed by atoms with E-state index in [1.165, 1.54) is 24.3 Å². The number of para-hydroxylation sites is 2. The monoisotopic (exact) mass is 342 g/mol. The average Bonchev–Trinajstić information content (AvgIpc) is 2.74. The van der Waals surface area contributed by atoms with Gasteiger partial charge in [-0.25, -0.2) is 4.79 Å². The predicted molar refractivity (Wildman–Crippen MR) is 89.6 cm³/mol. The number of nitro benzene ring substituents is 1. The molecule has 0 fully saturated rings. The van der Waals surface area contributed by atoms with Crippen LogP contribution in [0.1, 0.15) is 0 Å². The molecule has 0 saturated carbocycles. The largest absolute Gasteiger partial charge is 0.489 e. The molecular weight excluding hydrogens is 328 g/mol. The summed E-state index contributed by atoms with van der Waals surface area (Å²) in [6, 6.07) is 10.8. The first-order chi connectivity index (χ1) is 12.0. The van der Waals surface area contributed by atoms with E-state index in [0.717, 1.165) is 0 Å². The van der Waals surface area contributed by atoms with Gasteiger partial charge in [-0.3, -0.25) is 14.9 Å². The maximum absolute atomic E-state index is 12.2. The maximum Gasteiger partial charge on any atom is 0.320 e. The number of anilines is 2. The van der Waals surface area contributed by atoms with Gasteiger partial charge in [-0.15, -0.1) is 0 Å². The second-order valence-electron chi connectivity index (χ2n) is 5.25. The third-order valence-corrected chi connectivity index (χ3v) is 3.51. The number of hydrogen-bond acceptors (Lipinski definition) is 5. The highest BCUT2D eigenvalue weighted by molar-refractivity contribution is 6.00. The number of nitrogens with zero attached hydrogens (tertiary/aromatic N) is 1. The van der Waals surface area contributed by atoms with Gasteiger partial charge in [0.15, 0.2) is 0 Å².